The molecule has 5 heteroatoms. The van der Waals surface area contributed by atoms with Crippen LogP contribution in [-0.4, -0.2) is 5.97 Å². The molecule has 22 heavy (non-hydrogen) atoms. The summed E-state index contributed by atoms with van der Waals surface area (Å²) in [6.45, 7) is 6.35. The fourth-order valence-electron chi connectivity index (χ4n) is 1.88. The monoisotopic (exact) mass is 400 g/mol. The van der Waals surface area contributed by atoms with Gasteiger partial charge in [0.15, 0.2) is 5.75 Å². The maximum Gasteiger partial charge on any atom is 0.343 e. The lowest BCUT2D eigenvalue weighted by Crippen LogP contribution is -2.13. The van der Waals surface area contributed by atoms with Crippen molar-refractivity contribution < 1.29 is 9.53 Å². The third kappa shape index (κ3) is 4.03. The molecule has 0 aliphatic rings. The molecule has 0 amide bonds. The minimum atomic E-state index is -0.467. The highest BCUT2D eigenvalue weighted by Gasteiger charge is 2.17. The lowest BCUT2D eigenvalue weighted by atomic mass is 9.87. The molecule has 2 aromatic carbocycles. The Morgan fingerprint density at radius 3 is 2.18 bits per heavy atom. The summed E-state index contributed by atoms with van der Waals surface area (Å²) in [4.78, 5) is 12.2. The Morgan fingerprint density at radius 1 is 1.09 bits per heavy atom. The fourth-order valence-corrected chi connectivity index (χ4v) is 3.20. The summed E-state index contributed by atoms with van der Waals surface area (Å²) >= 11 is 15.2. The fraction of sp³-hybridized carbons (Fsp3) is 0.235. The largest absolute Gasteiger partial charge is 0.420 e. The van der Waals surface area contributed by atoms with Crippen molar-refractivity contribution in [2.45, 2.75) is 26.2 Å². The van der Waals surface area contributed by atoms with Crippen molar-refractivity contribution in [2.75, 3.05) is 0 Å². The van der Waals surface area contributed by atoms with E-state index in [1.807, 2.05) is 12.1 Å². The van der Waals surface area contributed by atoms with Crippen LogP contribution in [0.1, 0.15) is 36.7 Å². The molecule has 0 N–H and O–H groups in total. The van der Waals surface area contributed by atoms with Crippen molar-refractivity contribution in [3.63, 3.8) is 0 Å². The average Bonchev–Trinajstić information content (AvgIpc) is 2.41. The van der Waals surface area contributed by atoms with E-state index in [9.17, 15) is 4.79 Å². The Bertz CT molecular complexity index is 681. The van der Waals surface area contributed by atoms with Crippen LogP contribution in [0.25, 0.3) is 0 Å². The Balaban J connectivity index is 2.23. The molecule has 0 radical (unpaired) electrons. The first kappa shape index (κ1) is 17.3. The zero-order valence-corrected chi connectivity index (χ0v) is 15.5. The van der Waals surface area contributed by atoms with E-state index in [-0.39, 0.29) is 16.2 Å². The quantitative estimate of drug-likeness (QED) is 0.437. The van der Waals surface area contributed by atoms with Crippen LogP contribution in [0.4, 0.5) is 0 Å². The van der Waals surface area contributed by atoms with Gasteiger partial charge in [0.25, 0.3) is 0 Å². The maximum absolute atomic E-state index is 12.2. The van der Waals surface area contributed by atoms with Crippen LogP contribution in [-0.2, 0) is 5.41 Å². The highest BCUT2D eigenvalue weighted by Crippen LogP contribution is 2.36. The minimum absolute atomic E-state index is 0.0327. The molecule has 2 nitrogen and oxygen atoms in total. The molecule has 0 aromatic heterocycles. The molecule has 0 unspecified atom stereocenters. The van der Waals surface area contributed by atoms with E-state index in [0.717, 1.165) is 5.56 Å². The standard InChI is InChI=1S/C17H15BrCl2O2/c1-17(2,3)11-6-4-10(5-7-11)16(21)22-15-13(18)8-12(19)9-14(15)20/h4-9H,1-3H3. The molecule has 0 fully saturated rings. The van der Waals surface area contributed by atoms with Gasteiger partial charge in [0.05, 0.1) is 15.1 Å². The molecule has 2 rings (SSSR count). The number of hydrogen-bond acceptors (Lipinski definition) is 2. The van der Waals surface area contributed by atoms with E-state index < -0.39 is 5.97 Å². The van der Waals surface area contributed by atoms with Crippen LogP contribution in [0.5, 0.6) is 5.75 Å². The van der Waals surface area contributed by atoms with Crippen molar-refractivity contribution in [1.82, 2.24) is 0 Å². The van der Waals surface area contributed by atoms with Crippen LogP contribution in [0, 0.1) is 0 Å². The second-order valence-corrected chi connectivity index (χ2v) is 7.61. The zero-order chi connectivity index (χ0) is 16.5. The molecule has 0 aliphatic heterocycles. The first-order valence-electron chi connectivity index (χ1n) is 6.66. The molecular weight excluding hydrogens is 387 g/mol. The Labute approximate surface area is 148 Å². The van der Waals surface area contributed by atoms with E-state index in [1.165, 1.54) is 6.07 Å². The van der Waals surface area contributed by atoms with Gasteiger partial charge in [-0.2, -0.15) is 0 Å². The molecule has 0 atom stereocenters. The number of esters is 1. The smallest absolute Gasteiger partial charge is 0.343 e. The minimum Gasteiger partial charge on any atom is -0.420 e. The number of hydrogen-bond donors (Lipinski definition) is 0. The topological polar surface area (TPSA) is 26.3 Å². The lowest BCUT2D eigenvalue weighted by Gasteiger charge is -2.19. The van der Waals surface area contributed by atoms with Gasteiger partial charge in [-0.25, -0.2) is 4.79 Å². The van der Waals surface area contributed by atoms with Gasteiger partial charge in [-0.3, -0.25) is 0 Å². The Morgan fingerprint density at radius 2 is 1.68 bits per heavy atom. The van der Waals surface area contributed by atoms with Crippen molar-refractivity contribution in [3.8, 4) is 5.75 Å². The van der Waals surface area contributed by atoms with Gasteiger partial charge in [0.1, 0.15) is 0 Å². The highest BCUT2D eigenvalue weighted by atomic mass is 79.9. The zero-order valence-electron chi connectivity index (χ0n) is 12.4. The summed E-state index contributed by atoms with van der Waals surface area (Å²) in [6.07, 6.45) is 0. The van der Waals surface area contributed by atoms with E-state index >= 15 is 0 Å². The first-order valence-corrected chi connectivity index (χ1v) is 8.20. The van der Waals surface area contributed by atoms with Gasteiger partial charge in [0.2, 0.25) is 0 Å². The van der Waals surface area contributed by atoms with Crippen molar-refractivity contribution in [2.24, 2.45) is 0 Å². The summed E-state index contributed by atoms with van der Waals surface area (Å²) in [5.74, 6) is -0.207. The van der Waals surface area contributed by atoms with Crippen LogP contribution in [0.3, 0.4) is 0 Å². The van der Waals surface area contributed by atoms with Crippen molar-refractivity contribution in [3.05, 3.63) is 62.0 Å². The third-order valence-electron chi connectivity index (χ3n) is 3.14. The van der Waals surface area contributed by atoms with E-state index in [4.69, 9.17) is 27.9 Å². The summed E-state index contributed by atoms with van der Waals surface area (Å²) in [5, 5.41) is 0.741. The van der Waals surface area contributed by atoms with Gasteiger partial charge in [-0.15, -0.1) is 0 Å². The van der Waals surface area contributed by atoms with Gasteiger partial charge < -0.3 is 4.74 Å². The predicted octanol–water partition coefficient (Wildman–Crippen LogP) is 6.27. The summed E-state index contributed by atoms with van der Waals surface area (Å²) < 4.78 is 5.90. The highest BCUT2D eigenvalue weighted by molar-refractivity contribution is 9.10. The summed E-state index contributed by atoms with van der Waals surface area (Å²) in [7, 11) is 0. The molecular formula is C17H15BrCl2O2. The van der Waals surface area contributed by atoms with Gasteiger partial charge in [0, 0.05) is 5.02 Å². The molecule has 2 aromatic rings. The summed E-state index contributed by atoms with van der Waals surface area (Å²) in [6, 6.07) is 10.5. The number of carbonyl (C=O) groups is 1. The number of halogens is 3. The molecule has 0 saturated heterocycles. The second kappa shape index (κ2) is 6.61. The first-order chi connectivity index (χ1) is 10.2. The van der Waals surface area contributed by atoms with Crippen LogP contribution >= 0.6 is 39.1 Å². The molecule has 0 saturated carbocycles. The van der Waals surface area contributed by atoms with Crippen molar-refractivity contribution >= 4 is 45.1 Å². The van der Waals surface area contributed by atoms with Crippen LogP contribution in [0.15, 0.2) is 40.9 Å². The van der Waals surface area contributed by atoms with E-state index in [0.29, 0.717) is 15.1 Å². The van der Waals surface area contributed by atoms with Crippen LogP contribution < -0.4 is 4.74 Å². The van der Waals surface area contributed by atoms with Gasteiger partial charge in [-0.1, -0.05) is 56.1 Å². The normalized spacial score (nSPS) is 11.4. The van der Waals surface area contributed by atoms with Crippen LogP contribution in [0.2, 0.25) is 10.0 Å². The van der Waals surface area contributed by atoms with Gasteiger partial charge in [-0.05, 0) is 51.2 Å². The van der Waals surface area contributed by atoms with Gasteiger partial charge >= 0.3 is 5.97 Å². The summed E-state index contributed by atoms with van der Waals surface area (Å²) in [5.41, 5.74) is 1.64. The number of ether oxygens (including phenoxy) is 1. The number of benzene rings is 2. The predicted molar refractivity (Wildman–Crippen MR) is 94.3 cm³/mol. The Kier molecular flexibility index (Phi) is 5.21. The Hall–Kier alpha value is -1.03. The van der Waals surface area contributed by atoms with E-state index in [2.05, 4.69) is 36.7 Å². The molecule has 0 aliphatic carbocycles. The maximum atomic E-state index is 12.2. The molecule has 116 valence electrons. The molecule has 0 spiro atoms. The van der Waals surface area contributed by atoms with Crippen molar-refractivity contribution in [1.29, 1.82) is 0 Å². The second-order valence-electron chi connectivity index (χ2n) is 5.92. The number of carbonyl (C=O) groups excluding carboxylic acids is 1. The van der Waals surface area contributed by atoms with E-state index in [1.54, 1.807) is 18.2 Å². The molecule has 0 heterocycles. The average molecular weight is 402 g/mol. The third-order valence-corrected chi connectivity index (χ3v) is 4.23. The molecule has 0 bridgehead atoms. The SMILES string of the molecule is CC(C)(C)c1ccc(C(=O)Oc2c(Cl)cc(Cl)cc2Br)cc1. The lowest BCUT2D eigenvalue weighted by molar-refractivity contribution is 0.0733. The number of rotatable bonds is 2.